The van der Waals surface area contributed by atoms with Crippen molar-refractivity contribution in [3.05, 3.63) is 89.7 Å². The molecule has 1 aromatic heterocycles. The van der Waals surface area contributed by atoms with Crippen LogP contribution in [-0.4, -0.2) is 28.7 Å². The topological polar surface area (TPSA) is 121 Å². The summed E-state index contributed by atoms with van der Waals surface area (Å²) in [5.41, 5.74) is 10.5. The molecule has 0 aliphatic heterocycles. The SMILES string of the molecule is C[C@H](NC(=O)[C@@H]1CCC[C@H](c2ccc(-c3cccnc3)cc2)C1)C(=O)NCc1ccc(C(=N)N)cc1. The normalized spacial score (nSPS) is 18.1. The van der Waals surface area contributed by atoms with Gasteiger partial charge in [0.15, 0.2) is 0 Å². The number of carbonyl (C=O) groups is 2. The molecule has 7 nitrogen and oxygen atoms in total. The Balaban J connectivity index is 1.28. The molecule has 1 aliphatic carbocycles. The Morgan fingerprint density at radius 1 is 1.06 bits per heavy atom. The van der Waals surface area contributed by atoms with E-state index in [0.29, 0.717) is 18.0 Å². The van der Waals surface area contributed by atoms with Gasteiger partial charge in [-0.15, -0.1) is 0 Å². The second-order valence-electron chi connectivity index (χ2n) is 9.48. The molecule has 1 heterocycles. The number of nitrogens with zero attached hydrogens (tertiary/aromatic N) is 1. The molecule has 3 atom stereocenters. The van der Waals surface area contributed by atoms with E-state index < -0.39 is 6.04 Å². The molecule has 1 aliphatic rings. The zero-order chi connectivity index (χ0) is 25.5. The monoisotopic (exact) mass is 483 g/mol. The number of hydrogen-bond acceptors (Lipinski definition) is 4. The summed E-state index contributed by atoms with van der Waals surface area (Å²) < 4.78 is 0. The van der Waals surface area contributed by atoms with Crippen LogP contribution in [0.3, 0.4) is 0 Å². The zero-order valence-electron chi connectivity index (χ0n) is 20.5. The third-order valence-electron chi connectivity index (χ3n) is 6.91. The summed E-state index contributed by atoms with van der Waals surface area (Å²) in [6.45, 7) is 2.06. The van der Waals surface area contributed by atoms with Crippen LogP contribution in [0.1, 0.15) is 55.2 Å². The Morgan fingerprint density at radius 2 is 1.81 bits per heavy atom. The van der Waals surface area contributed by atoms with Gasteiger partial charge in [0.1, 0.15) is 11.9 Å². The van der Waals surface area contributed by atoms with Crippen LogP contribution in [0.15, 0.2) is 73.1 Å². The zero-order valence-corrected chi connectivity index (χ0v) is 20.5. The summed E-state index contributed by atoms with van der Waals surface area (Å²) in [6.07, 6.45) is 7.31. The highest BCUT2D eigenvalue weighted by Crippen LogP contribution is 2.37. The fraction of sp³-hybridized carbons (Fsp3) is 0.310. The summed E-state index contributed by atoms with van der Waals surface area (Å²) in [6, 6.07) is 19.1. The lowest BCUT2D eigenvalue weighted by molar-refractivity contribution is -0.131. The van der Waals surface area contributed by atoms with Crippen LogP contribution in [0.5, 0.6) is 0 Å². The number of benzene rings is 2. The predicted octanol–water partition coefficient (Wildman–Crippen LogP) is 4.13. The van der Waals surface area contributed by atoms with Gasteiger partial charge in [0, 0.05) is 30.4 Å². The first-order valence-electron chi connectivity index (χ1n) is 12.4. The summed E-state index contributed by atoms with van der Waals surface area (Å²) in [7, 11) is 0. The second-order valence-corrected chi connectivity index (χ2v) is 9.48. The smallest absolute Gasteiger partial charge is 0.242 e. The Kier molecular flexibility index (Phi) is 8.10. The van der Waals surface area contributed by atoms with Crippen LogP contribution in [0.25, 0.3) is 11.1 Å². The van der Waals surface area contributed by atoms with Gasteiger partial charge in [-0.1, -0.05) is 61.0 Å². The van der Waals surface area contributed by atoms with Gasteiger partial charge in [-0.05, 0) is 60.4 Å². The Hall–Kier alpha value is -4.00. The van der Waals surface area contributed by atoms with Gasteiger partial charge < -0.3 is 16.4 Å². The average Bonchev–Trinajstić information content (AvgIpc) is 2.92. The first-order chi connectivity index (χ1) is 17.4. The molecule has 4 rings (SSSR count). The Labute approximate surface area is 212 Å². The maximum atomic E-state index is 13.0. The molecule has 2 amide bonds. The minimum Gasteiger partial charge on any atom is -0.384 e. The second kappa shape index (κ2) is 11.6. The molecule has 7 heteroatoms. The van der Waals surface area contributed by atoms with Crippen LogP contribution in [0.4, 0.5) is 0 Å². The van der Waals surface area contributed by atoms with Gasteiger partial charge in [-0.25, -0.2) is 0 Å². The molecule has 186 valence electrons. The maximum Gasteiger partial charge on any atom is 0.242 e. The van der Waals surface area contributed by atoms with Gasteiger partial charge in [0.25, 0.3) is 0 Å². The first-order valence-corrected chi connectivity index (χ1v) is 12.4. The van der Waals surface area contributed by atoms with Crippen LogP contribution >= 0.6 is 0 Å². The van der Waals surface area contributed by atoms with E-state index in [9.17, 15) is 9.59 Å². The fourth-order valence-corrected chi connectivity index (χ4v) is 4.75. The minimum absolute atomic E-state index is 0.00798. The number of pyridine rings is 1. The van der Waals surface area contributed by atoms with E-state index in [-0.39, 0.29) is 23.6 Å². The van der Waals surface area contributed by atoms with Crippen molar-refractivity contribution in [2.75, 3.05) is 0 Å². The molecule has 0 bridgehead atoms. The number of nitrogen functional groups attached to an aromatic ring is 1. The number of nitrogens with two attached hydrogens (primary N) is 1. The molecule has 5 N–H and O–H groups in total. The Morgan fingerprint density at radius 3 is 2.47 bits per heavy atom. The lowest BCUT2D eigenvalue weighted by Gasteiger charge is -2.29. The molecular weight excluding hydrogens is 450 g/mol. The van der Waals surface area contributed by atoms with Gasteiger partial charge in [0.2, 0.25) is 11.8 Å². The van der Waals surface area contributed by atoms with Gasteiger partial charge in [-0.3, -0.25) is 20.0 Å². The van der Waals surface area contributed by atoms with Crippen molar-refractivity contribution in [3.63, 3.8) is 0 Å². The van der Waals surface area contributed by atoms with E-state index in [1.54, 1.807) is 25.3 Å². The van der Waals surface area contributed by atoms with Crippen molar-refractivity contribution in [2.45, 2.75) is 51.1 Å². The van der Waals surface area contributed by atoms with E-state index in [0.717, 1.165) is 42.4 Å². The number of nitrogens with one attached hydrogen (secondary N) is 3. The van der Waals surface area contributed by atoms with Crippen molar-refractivity contribution in [3.8, 4) is 11.1 Å². The largest absolute Gasteiger partial charge is 0.384 e. The van der Waals surface area contributed by atoms with E-state index in [4.69, 9.17) is 11.1 Å². The summed E-state index contributed by atoms with van der Waals surface area (Å²) in [4.78, 5) is 29.7. The highest BCUT2D eigenvalue weighted by molar-refractivity contribution is 5.94. The van der Waals surface area contributed by atoms with Gasteiger partial charge in [-0.2, -0.15) is 0 Å². The van der Waals surface area contributed by atoms with Crippen molar-refractivity contribution < 1.29 is 9.59 Å². The third-order valence-corrected chi connectivity index (χ3v) is 6.91. The number of amidine groups is 1. The summed E-state index contributed by atoms with van der Waals surface area (Å²) in [5, 5.41) is 13.2. The quantitative estimate of drug-likeness (QED) is 0.284. The van der Waals surface area contributed by atoms with Gasteiger partial charge >= 0.3 is 0 Å². The highest BCUT2D eigenvalue weighted by Gasteiger charge is 2.29. The van der Waals surface area contributed by atoms with Gasteiger partial charge in [0.05, 0.1) is 0 Å². The van der Waals surface area contributed by atoms with Crippen LogP contribution in [-0.2, 0) is 16.1 Å². The molecule has 0 radical (unpaired) electrons. The minimum atomic E-state index is -0.617. The molecule has 0 spiro atoms. The molecular formula is C29H33N5O2. The molecule has 3 aromatic rings. The number of aromatic nitrogens is 1. The lowest BCUT2D eigenvalue weighted by atomic mass is 9.77. The molecule has 1 fully saturated rings. The lowest BCUT2D eigenvalue weighted by Crippen LogP contribution is -2.47. The molecule has 36 heavy (non-hydrogen) atoms. The number of amides is 2. The summed E-state index contributed by atoms with van der Waals surface area (Å²) in [5.74, 6) is -0.0400. The molecule has 0 saturated heterocycles. The first kappa shape index (κ1) is 25.1. The molecule has 2 aromatic carbocycles. The van der Waals surface area contributed by atoms with E-state index in [1.165, 1.54) is 5.56 Å². The van der Waals surface area contributed by atoms with E-state index >= 15 is 0 Å². The third kappa shape index (κ3) is 6.36. The fourth-order valence-electron chi connectivity index (χ4n) is 4.75. The van der Waals surface area contributed by atoms with E-state index in [1.807, 2.05) is 30.5 Å². The van der Waals surface area contributed by atoms with Crippen LogP contribution < -0.4 is 16.4 Å². The van der Waals surface area contributed by atoms with Crippen LogP contribution in [0, 0.1) is 11.3 Å². The molecule has 0 unspecified atom stereocenters. The van der Waals surface area contributed by atoms with Crippen molar-refractivity contribution in [1.29, 1.82) is 5.41 Å². The predicted molar refractivity (Wildman–Crippen MR) is 141 cm³/mol. The standard InChI is InChI=1S/C29H33N5O2/c1-19(28(35)33-17-20-7-9-23(10-8-20)27(30)31)34-29(36)25-5-2-4-24(16-25)21-11-13-22(14-12-21)26-6-3-15-32-18-26/h3,6-15,18-19,24-25H,2,4-5,16-17H2,1H3,(H3,30,31)(H,33,35)(H,34,36)/t19-,24-,25+/m0/s1. The number of carbonyl (C=O) groups excluding carboxylic acids is 2. The highest BCUT2D eigenvalue weighted by atomic mass is 16.2. The van der Waals surface area contributed by atoms with E-state index in [2.05, 4.69) is 39.9 Å². The number of rotatable bonds is 8. The van der Waals surface area contributed by atoms with Crippen molar-refractivity contribution >= 4 is 17.6 Å². The average molecular weight is 484 g/mol. The maximum absolute atomic E-state index is 13.0. The number of hydrogen-bond donors (Lipinski definition) is 4. The van der Waals surface area contributed by atoms with Crippen molar-refractivity contribution in [2.24, 2.45) is 11.7 Å². The van der Waals surface area contributed by atoms with Crippen molar-refractivity contribution in [1.82, 2.24) is 15.6 Å². The van der Waals surface area contributed by atoms with Crippen LogP contribution in [0.2, 0.25) is 0 Å². The summed E-state index contributed by atoms with van der Waals surface area (Å²) >= 11 is 0. The molecule has 1 saturated carbocycles. The Bertz CT molecular complexity index is 1190.